The molecule has 3 rings (SSSR count). The SMILES string of the molecule is OCc1cccc(Oc2nc(Cl)nc3nc[nH]c23)c1. The number of aromatic amines is 1. The van der Waals surface area contributed by atoms with E-state index in [1.165, 1.54) is 6.33 Å². The van der Waals surface area contributed by atoms with Gasteiger partial charge in [0.25, 0.3) is 0 Å². The predicted molar refractivity (Wildman–Crippen MR) is 69.1 cm³/mol. The van der Waals surface area contributed by atoms with Crippen molar-refractivity contribution in [2.75, 3.05) is 0 Å². The second kappa shape index (κ2) is 4.83. The highest BCUT2D eigenvalue weighted by Gasteiger charge is 2.11. The fraction of sp³-hybridized carbons (Fsp3) is 0.0833. The van der Waals surface area contributed by atoms with E-state index in [0.29, 0.717) is 22.8 Å². The Morgan fingerprint density at radius 3 is 3.05 bits per heavy atom. The molecule has 7 heteroatoms. The lowest BCUT2D eigenvalue weighted by atomic mass is 10.2. The maximum absolute atomic E-state index is 9.09. The third kappa shape index (κ3) is 2.35. The van der Waals surface area contributed by atoms with Gasteiger partial charge in [-0.15, -0.1) is 0 Å². The molecule has 0 saturated heterocycles. The largest absolute Gasteiger partial charge is 0.437 e. The van der Waals surface area contributed by atoms with Gasteiger partial charge in [-0.05, 0) is 29.3 Å². The summed E-state index contributed by atoms with van der Waals surface area (Å²) in [5.74, 6) is 0.847. The van der Waals surface area contributed by atoms with Gasteiger partial charge in [0.2, 0.25) is 11.2 Å². The first-order valence-electron chi connectivity index (χ1n) is 5.50. The van der Waals surface area contributed by atoms with Crippen molar-refractivity contribution in [2.45, 2.75) is 6.61 Å². The first-order valence-corrected chi connectivity index (χ1v) is 5.88. The first-order chi connectivity index (χ1) is 9.26. The molecule has 1 aromatic carbocycles. The summed E-state index contributed by atoms with van der Waals surface area (Å²) in [7, 11) is 0. The highest BCUT2D eigenvalue weighted by Crippen LogP contribution is 2.26. The molecule has 0 unspecified atom stereocenters. The standard InChI is InChI=1S/C12H9ClN4O2/c13-12-16-10-9(14-6-15-10)11(17-12)19-8-3-1-2-7(4-8)5-18/h1-4,6,18H,5H2,(H,14,15,16,17). The van der Waals surface area contributed by atoms with Crippen LogP contribution in [0.2, 0.25) is 5.28 Å². The number of H-pyrrole nitrogens is 1. The molecule has 0 amide bonds. The maximum atomic E-state index is 9.09. The molecule has 19 heavy (non-hydrogen) atoms. The van der Waals surface area contributed by atoms with Gasteiger partial charge in [-0.3, -0.25) is 0 Å². The van der Waals surface area contributed by atoms with E-state index in [-0.39, 0.29) is 11.9 Å². The smallest absolute Gasteiger partial charge is 0.250 e. The summed E-state index contributed by atoms with van der Waals surface area (Å²) in [5, 5.41) is 9.16. The highest BCUT2D eigenvalue weighted by atomic mass is 35.5. The Hall–Kier alpha value is -2.18. The number of benzene rings is 1. The van der Waals surface area contributed by atoms with Gasteiger partial charge in [-0.25, -0.2) is 4.98 Å². The van der Waals surface area contributed by atoms with Crippen LogP contribution < -0.4 is 4.74 Å². The third-order valence-corrected chi connectivity index (χ3v) is 2.69. The zero-order chi connectivity index (χ0) is 13.2. The number of fused-ring (bicyclic) bond motifs is 1. The van der Waals surface area contributed by atoms with Crippen LogP contribution in [0, 0.1) is 0 Å². The molecular weight excluding hydrogens is 268 g/mol. The number of ether oxygens (including phenoxy) is 1. The molecule has 3 aromatic rings. The number of hydrogen-bond donors (Lipinski definition) is 2. The summed E-state index contributed by atoms with van der Waals surface area (Å²) in [4.78, 5) is 14.9. The van der Waals surface area contributed by atoms with E-state index in [1.54, 1.807) is 24.3 Å². The van der Waals surface area contributed by atoms with Crippen molar-refractivity contribution < 1.29 is 9.84 Å². The molecule has 0 fully saturated rings. The maximum Gasteiger partial charge on any atom is 0.250 e. The molecule has 96 valence electrons. The van der Waals surface area contributed by atoms with E-state index in [0.717, 1.165) is 5.56 Å². The molecular formula is C12H9ClN4O2. The zero-order valence-corrected chi connectivity index (χ0v) is 10.4. The van der Waals surface area contributed by atoms with Crippen LogP contribution in [0.1, 0.15) is 5.56 Å². The van der Waals surface area contributed by atoms with Gasteiger partial charge in [0.15, 0.2) is 5.65 Å². The number of hydrogen-bond acceptors (Lipinski definition) is 5. The molecule has 0 aliphatic heterocycles. The Morgan fingerprint density at radius 1 is 1.32 bits per heavy atom. The summed E-state index contributed by atoms with van der Waals surface area (Å²) < 4.78 is 5.66. The lowest BCUT2D eigenvalue weighted by molar-refractivity contribution is 0.281. The quantitative estimate of drug-likeness (QED) is 0.717. The summed E-state index contributed by atoms with van der Waals surface area (Å²) in [6, 6.07) is 7.06. The molecule has 0 bridgehead atoms. The normalized spacial score (nSPS) is 10.8. The molecule has 0 radical (unpaired) electrons. The zero-order valence-electron chi connectivity index (χ0n) is 9.67. The second-order valence-electron chi connectivity index (χ2n) is 3.81. The summed E-state index contributed by atoms with van der Waals surface area (Å²) >= 11 is 5.81. The van der Waals surface area contributed by atoms with Crippen LogP contribution in [0.5, 0.6) is 11.6 Å². The Balaban J connectivity index is 2.02. The monoisotopic (exact) mass is 276 g/mol. The third-order valence-electron chi connectivity index (χ3n) is 2.52. The Morgan fingerprint density at radius 2 is 2.21 bits per heavy atom. The lowest BCUT2D eigenvalue weighted by Gasteiger charge is -2.06. The van der Waals surface area contributed by atoms with Gasteiger partial charge < -0.3 is 14.8 Å². The van der Waals surface area contributed by atoms with Crippen LogP contribution in [0.25, 0.3) is 11.2 Å². The van der Waals surface area contributed by atoms with Gasteiger partial charge in [0.1, 0.15) is 11.3 Å². The number of halogens is 1. The molecule has 0 aliphatic carbocycles. The van der Waals surface area contributed by atoms with E-state index in [9.17, 15) is 0 Å². The average molecular weight is 277 g/mol. The number of nitrogens with one attached hydrogen (secondary N) is 1. The van der Waals surface area contributed by atoms with Gasteiger partial charge in [-0.2, -0.15) is 9.97 Å². The summed E-state index contributed by atoms with van der Waals surface area (Å²) in [6.45, 7) is -0.0544. The van der Waals surface area contributed by atoms with Crippen LogP contribution >= 0.6 is 11.6 Å². The second-order valence-corrected chi connectivity index (χ2v) is 4.14. The van der Waals surface area contributed by atoms with Crippen molar-refractivity contribution in [1.29, 1.82) is 0 Å². The van der Waals surface area contributed by atoms with Crippen molar-refractivity contribution in [2.24, 2.45) is 0 Å². The number of nitrogens with zero attached hydrogens (tertiary/aromatic N) is 3. The number of rotatable bonds is 3. The van der Waals surface area contributed by atoms with Crippen molar-refractivity contribution in [3.63, 3.8) is 0 Å². The summed E-state index contributed by atoms with van der Waals surface area (Å²) in [6.07, 6.45) is 1.49. The van der Waals surface area contributed by atoms with E-state index < -0.39 is 0 Å². The van der Waals surface area contributed by atoms with E-state index in [2.05, 4.69) is 19.9 Å². The van der Waals surface area contributed by atoms with E-state index >= 15 is 0 Å². The Kier molecular flexibility index (Phi) is 3.02. The molecule has 6 nitrogen and oxygen atoms in total. The lowest BCUT2D eigenvalue weighted by Crippen LogP contribution is -1.93. The van der Waals surface area contributed by atoms with E-state index in [4.69, 9.17) is 21.4 Å². The fourth-order valence-corrected chi connectivity index (χ4v) is 1.83. The minimum absolute atomic E-state index is 0.0544. The number of imidazole rings is 1. The predicted octanol–water partition coefficient (Wildman–Crippen LogP) is 2.29. The molecule has 2 aromatic heterocycles. The Labute approximate surface area is 113 Å². The van der Waals surface area contributed by atoms with Gasteiger partial charge in [0, 0.05) is 0 Å². The van der Waals surface area contributed by atoms with E-state index in [1.807, 2.05) is 0 Å². The number of aliphatic hydroxyl groups excluding tert-OH is 1. The van der Waals surface area contributed by atoms with Crippen LogP contribution in [0.3, 0.4) is 0 Å². The van der Waals surface area contributed by atoms with Crippen molar-refractivity contribution in [3.8, 4) is 11.6 Å². The minimum atomic E-state index is -0.0544. The molecule has 2 N–H and O–H groups in total. The number of aromatic nitrogens is 4. The average Bonchev–Trinajstić information content (AvgIpc) is 2.87. The van der Waals surface area contributed by atoms with Crippen molar-refractivity contribution in [1.82, 2.24) is 19.9 Å². The van der Waals surface area contributed by atoms with Crippen LogP contribution in [0.15, 0.2) is 30.6 Å². The van der Waals surface area contributed by atoms with Crippen LogP contribution in [-0.4, -0.2) is 25.0 Å². The highest BCUT2D eigenvalue weighted by molar-refractivity contribution is 6.28. The fourth-order valence-electron chi connectivity index (χ4n) is 1.67. The number of aliphatic hydroxyl groups is 1. The van der Waals surface area contributed by atoms with Gasteiger partial charge in [-0.1, -0.05) is 12.1 Å². The van der Waals surface area contributed by atoms with Crippen molar-refractivity contribution in [3.05, 3.63) is 41.4 Å². The minimum Gasteiger partial charge on any atom is -0.437 e. The Bertz CT molecular complexity index is 729. The molecule has 0 atom stereocenters. The van der Waals surface area contributed by atoms with Crippen molar-refractivity contribution >= 4 is 22.8 Å². The molecule has 2 heterocycles. The first kappa shape index (κ1) is 11.9. The molecule has 0 saturated carbocycles. The van der Waals surface area contributed by atoms with Gasteiger partial charge >= 0.3 is 0 Å². The van der Waals surface area contributed by atoms with Crippen LogP contribution in [0.4, 0.5) is 0 Å². The summed E-state index contributed by atoms with van der Waals surface area (Å²) in [5.41, 5.74) is 1.76. The molecule has 0 aliphatic rings. The topological polar surface area (TPSA) is 83.9 Å². The van der Waals surface area contributed by atoms with Gasteiger partial charge in [0.05, 0.1) is 12.9 Å². The van der Waals surface area contributed by atoms with Crippen LogP contribution in [-0.2, 0) is 6.61 Å². The molecule has 0 spiro atoms.